The maximum atomic E-state index is 11.8. The van der Waals surface area contributed by atoms with Crippen molar-refractivity contribution >= 4 is 40.0 Å². The monoisotopic (exact) mass is 496 g/mol. The number of aliphatic hydroxyl groups is 2. The second kappa shape index (κ2) is 8.86. The van der Waals surface area contributed by atoms with Crippen LogP contribution in [0, 0.1) is 0 Å². The lowest BCUT2D eigenvalue weighted by Gasteiger charge is -2.36. The molecule has 5 N–H and O–H groups in total. The standard InChI is InChI=1S/C9H16N3O13P3S/c10-5-1-2-12(9(15)11-5)8-7(14)6(13)4(23-8)3-22-28(21,29)25-27(19,20)24-26(16,17)18/h1-2,4,6-8,13-14H,3H2,(H,19,20)(H,21,29)(H2,10,11,15)(H2,16,17,18)/p-3. The van der Waals surface area contributed by atoms with E-state index in [1.54, 1.807) is 0 Å². The Balaban J connectivity index is 2.05. The zero-order chi connectivity index (χ0) is 22.2. The van der Waals surface area contributed by atoms with Crippen LogP contribution in [0.15, 0.2) is 17.1 Å². The Morgan fingerprint density at radius 2 is 1.90 bits per heavy atom. The summed E-state index contributed by atoms with van der Waals surface area (Å²) in [6.45, 7) is -5.61. The Morgan fingerprint density at radius 3 is 2.45 bits per heavy atom. The van der Waals surface area contributed by atoms with E-state index in [9.17, 15) is 43.7 Å². The first-order valence-corrected chi connectivity index (χ1v) is 12.7. The summed E-state index contributed by atoms with van der Waals surface area (Å²) in [5, 5.41) is 20.0. The lowest BCUT2D eigenvalue weighted by Crippen LogP contribution is -2.36. The predicted molar refractivity (Wildman–Crippen MR) is 88.7 cm³/mol. The molecule has 6 atom stereocenters. The number of nitrogen functional groups attached to an aromatic ring is 1. The fourth-order valence-electron chi connectivity index (χ4n) is 2.17. The SMILES string of the molecule is Nc1ccn(C2OC(COP(O)(=S)OP(=O)([O-])OP(=O)([O-])[O-])C(O)C2O)c(=O)n1. The normalized spacial score (nSPS) is 29.3. The molecule has 0 radical (unpaired) electrons. The van der Waals surface area contributed by atoms with E-state index in [0.717, 1.165) is 10.8 Å². The summed E-state index contributed by atoms with van der Waals surface area (Å²) in [4.78, 5) is 56.8. The van der Waals surface area contributed by atoms with E-state index in [0.29, 0.717) is 0 Å². The molecule has 6 unspecified atom stereocenters. The van der Waals surface area contributed by atoms with Gasteiger partial charge in [-0.25, -0.2) is 9.11 Å². The first-order valence-electron chi connectivity index (χ1n) is 7.20. The topological polar surface area (TPSA) is 262 Å². The molecule has 0 spiro atoms. The molecule has 1 aliphatic heterocycles. The number of ether oxygens (including phenoxy) is 1. The lowest BCUT2D eigenvalue weighted by atomic mass is 10.1. The van der Waals surface area contributed by atoms with Crippen molar-refractivity contribution in [3.63, 3.8) is 0 Å². The van der Waals surface area contributed by atoms with Crippen molar-refractivity contribution in [1.82, 2.24) is 9.55 Å². The van der Waals surface area contributed by atoms with Crippen molar-refractivity contribution in [2.24, 2.45) is 0 Å². The van der Waals surface area contributed by atoms with Gasteiger partial charge in [0.05, 0.1) is 14.4 Å². The van der Waals surface area contributed by atoms with Crippen LogP contribution in [0.1, 0.15) is 6.23 Å². The number of aromatic nitrogens is 2. The molecule has 20 heteroatoms. The van der Waals surface area contributed by atoms with Crippen LogP contribution in [0.5, 0.6) is 0 Å². The highest BCUT2D eigenvalue weighted by Gasteiger charge is 2.45. The van der Waals surface area contributed by atoms with E-state index in [4.69, 9.17) is 10.5 Å². The highest BCUT2D eigenvalue weighted by molar-refractivity contribution is 8.08. The maximum Gasteiger partial charge on any atom is 0.351 e. The summed E-state index contributed by atoms with van der Waals surface area (Å²) in [5.41, 5.74) is 4.42. The van der Waals surface area contributed by atoms with Crippen molar-refractivity contribution < 1.29 is 56.8 Å². The Labute approximate surface area is 166 Å². The molecule has 0 aliphatic carbocycles. The molecule has 2 rings (SSSR count). The van der Waals surface area contributed by atoms with Gasteiger partial charge in [0.25, 0.3) is 7.82 Å². The number of hydrogen-bond donors (Lipinski definition) is 4. The van der Waals surface area contributed by atoms with E-state index in [1.807, 2.05) is 0 Å². The summed E-state index contributed by atoms with van der Waals surface area (Å²) >= 11 is 4.34. The van der Waals surface area contributed by atoms with E-state index in [-0.39, 0.29) is 5.82 Å². The fourth-order valence-corrected chi connectivity index (χ4v) is 5.99. The van der Waals surface area contributed by atoms with Crippen molar-refractivity contribution in [2.75, 3.05) is 12.3 Å². The summed E-state index contributed by atoms with van der Waals surface area (Å²) in [5.74, 6) is -0.109. The van der Waals surface area contributed by atoms with Crippen LogP contribution in [0.2, 0.25) is 0 Å². The molecule has 166 valence electrons. The first-order chi connectivity index (χ1) is 13.1. The van der Waals surface area contributed by atoms with Crippen LogP contribution >= 0.6 is 22.4 Å². The third-order valence-corrected chi connectivity index (χ3v) is 7.89. The first kappa shape index (κ1) is 24.7. The van der Waals surface area contributed by atoms with Crippen molar-refractivity contribution in [1.29, 1.82) is 0 Å². The van der Waals surface area contributed by atoms with Gasteiger partial charge < -0.3 is 49.3 Å². The quantitative estimate of drug-likeness (QED) is 0.250. The molecule has 1 aromatic rings. The van der Waals surface area contributed by atoms with E-state index >= 15 is 0 Å². The van der Waals surface area contributed by atoms with Gasteiger partial charge in [-0.2, -0.15) is 4.98 Å². The van der Waals surface area contributed by atoms with Gasteiger partial charge in [-0.05, 0) is 17.9 Å². The molecule has 0 bridgehead atoms. The number of nitrogens with zero attached hydrogens (tertiary/aromatic N) is 2. The van der Waals surface area contributed by atoms with Gasteiger partial charge >= 0.3 is 12.4 Å². The molecule has 1 fully saturated rings. The Bertz CT molecular complexity index is 951. The van der Waals surface area contributed by atoms with E-state index < -0.39 is 59.2 Å². The Morgan fingerprint density at radius 1 is 1.28 bits per heavy atom. The second-order valence-corrected chi connectivity index (χ2v) is 11.1. The molecule has 29 heavy (non-hydrogen) atoms. The predicted octanol–water partition coefficient (Wildman–Crippen LogP) is -3.99. The summed E-state index contributed by atoms with van der Waals surface area (Å²) in [6.07, 6.45) is -5.14. The minimum absolute atomic E-state index is 0.109. The maximum absolute atomic E-state index is 11.8. The summed E-state index contributed by atoms with van der Waals surface area (Å²) in [6, 6.07) is 1.21. The molecule has 16 nitrogen and oxygen atoms in total. The molecule has 1 aliphatic rings. The third-order valence-electron chi connectivity index (χ3n) is 3.27. The van der Waals surface area contributed by atoms with Gasteiger partial charge in [0.15, 0.2) is 6.23 Å². The summed E-state index contributed by atoms with van der Waals surface area (Å²) < 4.78 is 39.2. The van der Waals surface area contributed by atoms with Crippen LogP contribution in [0.3, 0.4) is 0 Å². The van der Waals surface area contributed by atoms with Crippen LogP contribution in [-0.2, 0) is 38.8 Å². The van der Waals surface area contributed by atoms with Gasteiger partial charge in [-0.1, -0.05) is 0 Å². The van der Waals surface area contributed by atoms with Crippen LogP contribution in [0.25, 0.3) is 0 Å². The molecule has 1 aromatic heterocycles. The molecular weight excluding hydrogens is 483 g/mol. The number of nitrogens with two attached hydrogens (primary N) is 1. The molecule has 0 amide bonds. The second-order valence-electron chi connectivity index (χ2n) is 5.41. The minimum atomic E-state index is -6.02. The van der Waals surface area contributed by atoms with Crippen LogP contribution in [0.4, 0.5) is 5.82 Å². The number of aliphatic hydroxyl groups excluding tert-OH is 2. The molecule has 2 heterocycles. The fraction of sp³-hybridized carbons (Fsp3) is 0.556. The van der Waals surface area contributed by atoms with Gasteiger partial charge in [-0.3, -0.25) is 13.4 Å². The zero-order valence-electron chi connectivity index (χ0n) is 13.8. The lowest BCUT2D eigenvalue weighted by molar-refractivity contribution is -0.339. The minimum Gasteiger partial charge on any atom is -0.790 e. The van der Waals surface area contributed by atoms with E-state index in [1.165, 1.54) is 6.07 Å². The Hall–Kier alpha value is -0.610. The molecule has 0 aromatic carbocycles. The largest absolute Gasteiger partial charge is 0.790 e. The number of hydrogen-bond acceptors (Lipinski definition) is 15. The van der Waals surface area contributed by atoms with Gasteiger partial charge in [-0.15, -0.1) is 0 Å². The molecule has 1 saturated heterocycles. The van der Waals surface area contributed by atoms with E-state index in [2.05, 4.69) is 29.9 Å². The van der Waals surface area contributed by atoms with Crippen molar-refractivity contribution in [3.05, 3.63) is 22.7 Å². The van der Waals surface area contributed by atoms with Gasteiger partial charge in [0, 0.05) is 6.20 Å². The third kappa shape index (κ3) is 6.95. The number of phosphoric acid groups is 2. The van der Waals surface area contributed by atoms with Crippen molar-refractivity contribution in [2.45, 2.75) is 24.5 Å². The average Bonchev–Trinajstić information content (AvgIpc) is 2.78. The smallest absolute Gasteiger partial charge is 0.351 e. The van der Waals surface area contributed by atoms with Gasteiger partial charge in [0.2, 0.25) is 0 Å². The molecular formula is C9H13N3O13P3S-3. The highest BCUT2D eigenvalue weighted by atomic mass is 32.5. The average molecular weight is 496 g/mol. The number of anilines is 1. The summed E-state index contributed by atoms with van der Waals surface area (Å²) in [7, 11) is -11.9. The number of rotatable bonds is 8. The Kier molecular flexibility index (Phi) is 7.54. The van der Waals surface area contributed by atoms with Crippen LogP contribution < -0.4 is 26.1 Å². The van der Waals surface area contributed by atoms with Crippen LogP contribution in [-0.4, -0.2) is 49.6 Å². The van der Waals surface area contributed by atoms with Gasteiger partial charge in [0.1, 0.15) is 24.1 Å². The zero-order valence-corrected chi connectivity index (χ0v) is 17.3. The molecule has 0 saturated carbocycles. The highest BCUT2D eigenvalue weighted by Crippen LogP contribution is 2.62. The van der Waals surface area contributed by atoms with Crippen molar-refractivity contribution in [3.8, 4) is 0 Å².